The van der Waals surface area contributed by atoms with E-state index in [0.29, 0.717) is 6.42 Å². The fraction of sp³-hybridized carbons (Fsp3) is 0.509. The largest absolute Gasteiger partial charge is 0.467 e. The maximum Gasteiger partial charge on any atom is 0.258 e. The Balaban J connectivity index is 0.957. The summed E-state index contributed by atoms with van der Waals surface area (Å²) in [5.41, 5.74) is 7.30. The van der Waals surface area contributed by atoms with E-state index in [0.717, 1.165) is 5.56 Å². The van der Waals surface area contributed by atoms with Crippen LogP contribution < -0.4 is 37.1 Å². The van der Waals surface area contributed by atoms with Crippen molar-refractivity contribution in [2.45, 2.75) is 110 Å². The summed E-state index contributed by atoms with van der Waals surface area (Å²) < 4.78 is 31.7. The summed E-state index contributed by atoms with van der Waals surface area (Å²) in [5.74, 6) is -2.97. The van der Waals surface area contributed by atoms with Crippen LogP contribution >= 0.6 is 0 Å². The van der Waals surface area contributed by atoms with Gasteiger partial charge in [-0.25, -0.2) is 14.4 Å². The van der Waals surface area contributed by atoms with Crippen LogP contribution in [0.2, 0.25) is 0 Å². The molecule has 22 nitrogen and oxygen atoms in total. The van der Waals surface area contributed by atoms with Crippen molar-refractivity contribution < 1.29 is 47.4 Å². The number of benzene rings is 2. The minimum Gasteiger partial charge on any atom is -0.467 e. The van der Waals surface area contributed by atoms with Crippen LogP contribution in [0.25, 0.3) is 5.57 Å². The maximum atomic E-state index is 14.4. The zero-order chi connectivity index (χ0) is 55.3. The lowest BCUT2D eigenvalue weighted by atomic mass is 9.85. The number of fused-ring (bicyclic) bond motifs is 5. The number of nitrogens with one attached hydrogen (secondary N) is 5. The molecule has 76 heavy (non-hydrogen) atoms. The van der Waals surface area contributed by atoms with E-state index in [2.05, 4.69) is 47.7 Å². The summed E-state index contributed by atoms with van der Waals surface area (Å²) in [6.45, 7) is 11.4. The van der Waals surface area contributed by atoms with Gasteiger partial charge in [-0.3, -0.25) is 33.8 Å². The summed E-state index contributed by atoms with van der Waals surface area (Å²) in [4.78, 5) is 93.0. The van der Waals surface area contributed by atoms with Crippen LogP contribution in [0.5, 0.6) is 5.88 Å². The van der Waals surface area contributed by atoms with Crippen molar-refractivity contribution in [1.82, 2.24) is 51.4 Å². The Morgan fingerprint density at radius 2 is 1.71 bits per heavy atom. The first-order valence-corrected chi connectivity index (χ1v) is 25.4. The van der Waals surface area contributed by atoms with Gasteiger partial charge in [-0.1, -0.05) is 58.0 Å². The number of nitriles is 1. The molecule has 1 fully saturated rings. The first-order valence-electron chi connectivity index (χ1n) is 25.4. The van der Waals surface area contributed by atoms with Gasteiger partial charge in [0, 0.05) is 55.7 Å². The number of nitrogen functional groups attached to an aromatic ring is 1. The van der Waals surface area contributed by atoms with Gasteiger partial charge in [0.25, 0.3) is 11.8 Å². The van der Waals surface area contributed by atoms with Crippen molar-refractivity contribution in [2.24, 2.45) is 10.5 Å². The van der Waals surface area contributed by atoms with Crippen molar-refractivity contribution in [1.29, 1.82) is 5.26 Å². The molecular formula is C53H70FN13O9. The molecule has 3 aromatic rings. The molecule has 0 radical (unpaired) electrons. The molecule has 408 valence electrons. The molecule has 6 amide bonds. The lowest BCUT2D eigenvalue weighted by Crippen LogP contribution is -2.59. The fourth-order valence-electron chi connectivity index (χ4n) is 8.98. The zero-order valence-electron chi connectivity index (χ0n) is 44.4. The van der Waals surface area contributed by atoms with E-state index in [1.54, 1.807) is 20.9 Å². The van der Waals surface area contributed by atoms with Gasteiger partial charge in [-0.05, 0) is 62.9 Å². The Morgan fingerprint density at radius 1 is 1.01 bits per heavy atom. The van der Waals surface area contributed by atoms with E-state index < -0.39 is 59.4 Å². The number of nitrogens with zero attached hydrogens (tertiary/aromatic N) is 7. The molecule has 2 aromatic carbocycles. The minimum absolute atomic E-state index is 0.00208. The normalized spacial score (nSPS) is 19.5. The number of ether oxygens (including phenoxy) is 3. The number of aromatic nitrogens is 2. The number of allylic oxidation sites excluding steroid dienone is 1. The van der Waals surface area contributed by atoms with Crippen molar-refractivity contribution in [3.8, 4) is 11.9 Å². The van der Waals surface area contributed by atoms with Crippen LogP contribution in [0.3, 0.4) is 0 Å². The Morgan fingerprint density at radius 3 is 2.37 bits per heavy atom. The van der Waals surface area contributed by atoms with Gasteiger partial charge in [0.15, 0.2) is 5.82 Å². The molecule has 3 aliphatic heterocycles. The number of hydrazone groups is 1. The van der Waals surface area contributed by atoms with E-state index in [1.165, 1.54) is 52.5 Å². The number of carbonyl (C=O) groups excluding carboxylic acids is 6. The SMILES string of the molecule is CC[C@@H](NC(=O)[C@@H]1C[C@H](NC(=O)CCOCCOCCC(=O)NCCN2N=CC3C(=C2C#N)c2cnc(N)c(n2)O[C@H](C)c2cc(F)ccc2C(=O)N3C)CN1C(=O)[C@@H](NC(=O)[C@H](C)NC)C(C)(C)C)c1ccccc1. The molecule has 7 atom stereocenters. The predicted molar refractivity (Wildman–Crippen MR) is 279 cm³/mol. The minimum atomic E-state index is -0.956. The molecule has 7 N–H and O–H groups in total. The van der Waals surface area contributed by atoms with Crippen LogP contribution in [0.1, 0.15) is 107 Å². The van der Waals surface area contributed by atoms with Crippen molar-refractivity contribution >= 4 is 53.0 Å². The van der Waals surface area contributed by atoms with Crippen LogP contribution in [0, 0.1) is 22.6 Å². The Hall–Kier alpha value is -7.55. The standard InChI is InChI=1S/C53H70FN13O9/c1-9-38(33-13-11-10-12-14-33)62-49(71)40-26-35(30-66(40)52(73)46(53(4,5)6)64-48(70)31(2)57-7)61-44(69)18-22-75-24-23-74-21-17-43(68)58-19-20-67-41(27-55)45-39-28-59-47(56)50(63-39)76-32(3)37-25-34(54)15-16-36(37)51(72)65(8)42(45)29-60-67/h10-16,25,28-29,31-32,35,38,40,42,46,57H,9,17-24,26,30H2,1-8H3,(H2,56,59)(H,58,68)(H,61,69)(H,62,71)(H,64,70)/t31-,32+,35-,38+,40-,42?,46+/m0/s1. The highest BCUT2D eigenvalue weighted by atomic mass is 19.1. The molecular weight excluding hydrogens is 982 g/mol. The molecule has 1 aromatic heterocycles. The smallest absolute Gasteiger partial charge is 0.258 e. The lowest BCUT2D eigenvalue weighted by Gasteiger charge is -2.36. The second-order valence-corrected chi connectivity index (χ2v) is 19.8. The molecule has 4 heterocycles. The highest BCUT2D eigenvalue weighted by molar-refractivity contribution is 6.01. The third-order valence-electron chi connectivity index (χ3n) is 13.4. The second-order valence-electron chi connectivity index (χ2n) is 19.8. The Kier molecular flexibility index (Phi) is 20.0. The van der Waals surface area contributed by atoms with E-state index in [9.17, 15) is 38.4 Å². The number of likely N-dealkylation sites (N-methyl/N-ethyl adjacent to an activating group) is 2. The molecule has 0 saturated carbocycles. The number of hydrogen-bond donors (Lipinski definition) is 6. The van der Waals surface area contributed by atoms with Gasteiger partial charge < -0.3 is 56.3 Å². The van der Waals surface area contributed by atoms with Gasteiger partial charge in [-0.2, -0.15) is 10.4 Å². The molecule has 1 unspecified atom stereocenters. The topological polar surface area (TPSA) is 288 Å². The number of anilines is 1. The van der Waals surface area contributed by atoms with Crippen molar-refractivity contribution in [3.05, 3.63) is 88.6 Å². The number of amides is 6. The monoisotopic (exact) mass is 1050 g/mol. The summed E-state index contributed by atoms with van der Waals surface area (Å²) >= 11 is 0. The number of halogens is 1. The molecule has 0 spiro atoms. The number of hydrogen-bond acceptors (Lipinski definition) is 16. The summed E-state index contributed by atoms with van der Waals surface area (Å²) in [6, 6.07) is 11.3. The van der Waals surface area contributed by atoms with Gasteiger partial charge in [0.2, 0.25) is 29.5 Å². The third-order valence-corrected chi connectivity index (χ3v) is 13.4. The van der Waals surface area contributed by atoms with Crippen LogP contribution in [0.4, 0.5) is 10.2 Å². The van der Waals surface area contributed by atoms with Crippen molar-refractivity contribution in [2.75, 3.05) is 65.9 Å². The number of nitrogens with two attached hydrogens (primary N) is 1. The highest BCUT2D eigenvalue weighted by Gasteiger charge is 2.46. The highest BCUT2D eigenvalue weighted by Crippen LogP contribution is 2.35. The van der Waals surface area contributed by atoms with E-state index in [-0.39, 0.29) is 135 Å². The first-order chi connectivity index (χ1) is 36.2. The average Bonchev–Trinajstić information content (AvgIpc) is 3.82. The van der Waals surface area contributed by atoms with E-state index in [4.69, 9.17) is 19.9 Å². The van der Waals surface area contributed by atoms with Crippen LogP contribution in [-0.2, 0) is 33.4 Å². The Bertz CT molecular complexity index is 2690. The molecule has 3 aliphatic rings. The van der Waals surface area contributed by atoms with Crippen LogP contribution in [0.15, 0.2) is 65.5 Å². The summed E-state index contributed by atoms with van der Waals surface area (Å²) in [5, 5.41) is 31.0. The zero-order valence-corrected chi connectivity index (χ0v) is 44.4. The van der Waals surface area contributed by atoms with Crippen molar-refractivity contribution in [3.63, 3.8) is 0 Å². The predicted octanol–water partition coefficient (Wildman–Crippen LogP) is 2.75. The van der Waals surface area contributed by atoms with Gasteiger partial charge in [0.05, 0.1) is 69.2 Å². The molecule has 23 heteroatoms. The molecule has 1 saturated heterocycles. The molecule has 6 rings (SSSR count). The maximum absolute atomic E-state index is 14.4. The number of likely N-dealkylation sites (tertiary alicyclic amines) is 1. The Labute approximate surface area is 442 Å². The summed E-state index contributed by atoms with van der Waals surface area (Å²) in [6.07, 6.45) is 2.78. The van der Waals surface area contributed by atoms with Gasteiger partial charge in [-0.15, -0.1) is 0 Å². The van der Waals surface area contributed by atoms with Gasteiger partial charge in [0.1, 0.15) is 35.8 Å². The number of carbonyl (C=O) groups is 6. The van der Waals surface area contributed by atoms with E-state index >= 15 is 0 Å². The number of rotatable bonds is 21. The third kappa shape index (κ3) is 14.4. The van der Waals surface area contributed by atoms with Crippen LogP contribution in [-0.4, -0.2) is 157 Å². The fourth-order valence-corrected chi connectivity index (χ4v) is 8.98. The first kappa shape index (κ1) is 57.7. The lowest BCUT2D eigenvalue weighted by molar-refractivity contribution is -0.144. The quantitative estimate of drug-likeness (QED) is 0.0837. The molecule has 2 bridgehead atoms. The average molecular weight is 1050 g/mol. The van der Waals surface area contributed by atoms with Gasteiger partial charge >= 0.3 is 0 Å². The summed E-state index contributed by atoms with van der Waals surface area (Å²) in [7, 11) is 3.18. The second kappa shape index (κ2) is 26.3. The molecule has 0 aliphatic carbocycles. The van der Waals surface area contributed by atoms with E-state index in [1.807, 2.05) is 58.0 Å².